The highest BCUT2D eigenvalue weighted by molar-refractivity contribution is 7.45. The maximum absolute atomic E-state index is 8.88. The van der Waals surface area contributed by atoms with Crippen molar-refractivity contribution in [1.29, 1.82) is 0 Å². The van der Waals surface area contributed by atoms with Gasteiger partial charge in [-0.3, -0.25) is 4.98 Å². The molecule has 0 aliphatic rings. The Balaban J connectivity index is 0.000000187. The van der Waals surface area contributed by atoms with Crippen LogP contribution in [0.2, 0.25) is 0 Å². The zero-order chi connectivity index (χ0) is 8.91. The SMILES string of the molecule is Cc1cscn1.O=P(O)(O)O. The standard InChI is InChI=1S/C4H5NS.H3O4P/c1-4-2-6-3-5-4;1-5(2,3)4/h2-3H,1H3;(H3,1,2,3,4). The molecule has 0 aliphatic carbocycles. The Morgan fingerprint density at radius 2 is 2.00 bits per heavy atom. The number of aromatic nitrogens is 1. The largest absolute Gasteiger partial charge is 0.466 e. The summed E-state index contributed by atoms with van der Waals surface area (Å²) >= 11 is 1.63. The van der Waals surface area contributed by atoms with Crippen LogP contribution in [-0.4, -0.2) is 19.7 Å². The lowest BCUT2D eigenvalue weighted by Gasteiger charge is -1.82. The molecule has 0 bridgehead atoms. The van der Waals surface area contributed by atoms with Crippen molar-refractivity contribution in [3.8, 4) is 0 Å². The molecule has 7 heteroatoms. The number of hydrogen-bond acceptors (Lipinski definition) is 3. The monoisotopic (exact) mass is 197 g/mol. The zero-order valence-corrected chi connectivity index (χ0v) is 7.42. The minimum Gasteiger partial charge on any atom is -0.303 e. The van der Waals surface area contributed by atoms with Crippen molar-refractivity contribution in [3.63, 3.8) is 0 Å². The average Bonchev–Trinajstić information content (AvgIpc) is 2.12. The van der Waals surface area contributed by atoms with Crippen molar-refractivity contribution in [3.05, 3.63) is 16.6 Å². The minimum atomic E-state index is -4.64. The number of hydrogen-bond donors (Lipinski definition) is 3. The molecule has 0 aromatic carbocycles. The van der Waals surface area contributed by atoms with Gasteiger partial charge in [-0.2, -0.15) is 0 Å². The van der Waals surface area contributed by atoms with E-state index in [9.17, 15) is 0 Å². The van der Waals surface area contributed by atoms with Crippen molar-refractivity contribution in [1.82, 2.24) is 4.98 Å². The minimum absolute atomic E-state index is 1.11. The predicted molar refractivity (Wildman–Crippen MR) is 41.1 cm³/mol. The third-order valence-corrected chi connectivity index (χ3v) is 1.26. The Morgan fingerprint density at radius 1 is 1.55 bits per heavy atom. The molecule has 11 heavy (non-hydrogen) atoms. The van der Waals surface area contributed by atoms with Crippen molar-refractivity contribution < 1.29 is 19.2 Å². The summed E-state index contributed by atoms with van der Waals surface area (Å²) in [6, 6.07) is 0. The fourth-order valence-electron chi connectivity index (χ4n) is 0.273. The van der Waals surface area contributed by atoms with Crippen LogP contribution in [0.3, 0.4) is 0 Å². The fourth-order valence-corrected chi connectivity index (χ4v) is 0.819. The van der Waals surface area contributed by atoms with Crippen molar-refractivity contribution >= 4 is 19.2 Å². The van der Waals surface area contributed by atoms with Gasteiger partial charge in [-0.1, -0.05) is 0 Å². The van der Waals surface area contributed by atoms with Crippen LogP contribution in [0.1, 0.15) is 5.69 Å². The topological polar surface area (TPSA) is 90.7 Å². The van der Waals surface area contributed by atoms with Gasteiger partial charge < -0.3 is 14.7 Å². The molecule has 5 nitrogen and oxygen atoms in total. The number of thiazole rings is 1. The third-order valence-electron chi connectivity index (χ3n) is 0.556. The van der Waals surface area contributed by atoms with E-state index in [0.29, 0.717) is 0 Å². The van der Waals surface area contributed by atoms with Crippen LogP contribution in [0.5, 0.6) is 0 Å². The molecule has 0 saturated heterocycles. The Morgan fingerprint density at radius 3 is 2.09 bits per heavy atom. The zero-order valence-electron chi connectivity index (χ0n) is 5.71. The normalized spacial score (nSPS) is 10.2. The molecule has 0 fully saturated rings. The Kier molecular flexibility index (Phi) is 4.48. The van der Waals surface area contributed by atoms with E-state index in [4.69, 9.17) is 19.2 Å². The van der Waals surface area contributed by atoms with E-state index in [1.54, 1.807) is 11.3 Å². The number of nitrogens with zero attached hydrogens (tertiary/aromatic N) is 1. The van der Waals surface area contributed by atoms with Gasteiger partial charge in [0.05, 0.1) is 5.51 Å². The van der Waals surface area contributed by atoms with Crippen LogP contribution in [0.25, 0.3) is 0 Å². The molecular formula is C4H8NO4PS. The van der Waals surface area contributed by atoms with E-state index < -0.39 is 7.82 Å². The number of aryl methyl sites for hydroxylation is 1. The van der Waals surface area contributed by atoms with Crippen molar-refractivity contribution in [2.75, 3.05) is 0 Å². The molecule has 0 amide bonds. The lowest BCUT2D eigenvalue weighted by molar-refractivity contribution is 0.275. The number of rotatable bonds is 0. The second-order valence-corrected chi connectivity index (χ2v) is 3.39. The van der Waals surface area contributed by atoms with E-state index in [1.165, 1.54) is 0 Å². The fraction of sp³-hybridized carbons (Fsp3) is 0.250. The molecule has 64 valence electrons. The summed E-state index contributed by atoms with van der Waals surface area (Å²) in [7, 11) is -4.64. The smallest absolute Gasteiger partial charge is 0.303 e. The van der Waals surface area contributed by atoms with Gasteiger partial charge in [-0.15, -0.1) is 11.3 Å². The van der Waals surface area contributed by atoms with E-state index >= 15 is 0 Å². The van der Waals surface area contributed by atoms with Gasteiger partial charge in [0.25, 0.3) is 0 Å². The molecule has 0 saturated carbocycles. The van der Waals surface area contributed by atoms with Gasteiger partial charge in [-0.05, 0) is 6.92 Å². The molecule has 1 rings (SSSR count). The van der Waals surface area contributed by atoms with E-state index in [2.05, 4.69) is 4.98 Å². The van der Waals surface area contributed by atoms with E-state index in [-0.39, 0.29) is 0 Å². The maximum Gasteiger partial charge on any atom is 0.466 e. The van der Waals surface area contributed by atoms with Crippen LogP contribution in [0, 0.1) is 6.92 Å². The second-order valence-electron chi connectivity index (χ2n) is 1.64. The summed E-state index contributed by atoms with van der Waals surface area (Å²) in [4.78, 5) is 25.5. The van der Waals surface area contributed by atoms with Gasteiger partial charge in [-0.25, -0.2) is 4.57 Å². The van der Waals surface area contributed by atoms with Gasteiger partial charge >= 0.3 is 7.82 Å². The molecular weight excluding hydrogens is 189 g/mol. The van der Waals surface area contributed by atoms with Gasteiger partial charge in [0.1, 0.15) is 0 Å². The summed E-state index contributed by atoms with van der Waals surface area (Å²) in [6.07, 6.45) is 0. The summed E-state index contributed by atoms with van der Waals surface area (Å²) in [5.74, 6) is 0. The predicted octanol–water partition coefficient (Wildman–Crippen LogP) is 0.523. The molecule has 0 spiro atoms. The first-order chi connectivity index (χ1) is 4.89. The first-order valence-corrected chi connectivity index (χ1v) is 5.03. The van der Waals surface area contributed by atoms with Crippen LogP contribution >= 0.6 is 19.2 Å². The Labute approximate surface area is 67.6 Å². The quantitative estimate of drug-likeness (QED) is 0.527. The summed E-state index contributed by atoms with van der Waals surface area (Å²) in [5, 5.41) is 2.01. The van der Waals surface area contributed by atoms with Gasteiger partial charge in [0.2, 0.25) is 0 Å². The lowest BCUT2D eigenvalue weighted by Crippen LogP contribution is -1.66. The van der Waals surface area contributed by atoms with Gasteiger partial charge in [0, 0.05) is 11.1 Å². The molecule has 1 aromatic heterocycles. The van der Waals surface area contributed by atoms with Crippen LogP contribution in [0.4, 0.5) is 0 Å². The maximum atomic E-state index is 8.88. The molecule has 1 heterocycles. The Hall–Kier alpha value is -0.260. The molecule has 0 atom stereocenters. The average molecular weight is 197 g/mol. The molecule has 0 radical (unpaired) electrons. The first-order valence-electron chi connectivity index (χ1n) is 2.52. The highest BCUT2D eigenvalue weighted by atomic mass is 32.1. The lowest BCUT2D eigenvalue weighted by atomic mass is 10.6. The summed E-state index contributed by atoms with van der Waals surface area (Å²) in [6.45, 7) is 1.98. The van der Waals surface area contributed by atoms with E-state index in [1.807, 2.05) is 17.8 Å². The highest BCUT2D eigenvalue weighted by Gasteiger charge is 2.00. The highest BCUT2D eigenvalue weighted by Crippen LogP contribution is 2.25. The number of phosphoric acid groups is 1. The summed E-state index contributed by atoms with van der Waals surface area (Å²) in [5.41, 5.74) is 2.94. The molecule has 0 unspecified atom stereocenters. The van der Waals surface area contributed by atoms with Crippen LogP contribution < -0.4 is 0 Å². The van der Waals surface area contributed by atoms with Gasteiger partial charge in [0.15, 0.2) is 0 Å². The van der Waals surface area contributed by atoms with Crippen LogP contribution in [0.15, 0.2) is 10.9 Å². The molecule has 3 N–H and O–H groups in total. The van der Waals surface area contributed by atoms with Crippen molar-refractivity contribution in [2.24, 2.45) is 0 Å². The Bertz CT molecular complexity index is 222. The molecule has 0 aliphatic heterocycles. The van der Waals surface area contributed by atoms with Crippen LogP contribution in [-0.2, 0) is 4.57 Å². The summed E-state index contributed by atoms with van der Waals surface area (Å²) < 4.78 is 8.88. The second kappa shape index (κ2) is 4.58. The van der Waals surface area contributed by atoms with Crippen molar-refractivity contribution in [2.45, 2.75) is 6.92 Å². The first kappa shape index (κ1) is 10.7. The third kappa shape index (κ3) is 12.8. The molecule has 1 aromatic rings. The van der Waals surface area contributed by atoms with E-state index in [0.717, 1.165) is 5.69 Å².